The second-order valence-corrected chi connectivity index (χ2v) is 8.72. The highest BCUT2D eigenvalue weighted by Gasteiger charge is 2.40. The molecular weight excluding hydrogens is 300 g/mol. The van der Waals surface area contributed by atoms with Gasteiger partial charge < -0.3 is 5.32 Å². The second kappa shape index (κ2) is 5.66. The summed E-state index contributed by atoms with van der Waals surface area (Å²) in [7, 11) is -0.548. The zero-order chi connectivity index (χ0) is 15.9. The molecule has 22 heavy (non-hydrogen) atoms. The van der Waals surface area contributed by atoms with Gasteiger partial charge in [-0.25, -0.2) is 12.7 Å². The molecule has 3 atom stereocenters. The summed E-state index contributed by atoms with van der Waals surface area (Å²) in [5.41, 5.74) is 0.408. The summed E-state index contributed by atoms with van der Waals surface area (Å²) in [6.07, 6.45) is 4.77. The topological polar surface area (TPSA) is 66.5 Å². The van der Waals surface area contributed by atoms with Gasteiger partial charge in [-0.3, -0.25) is 4.79 Å². The molecule has 0 spiro atoms. The van der Waals surface area contributed by atoms with E-state index in [1.807, 2.05) is 0 Å². The molecule has 0 radical (unpaired) electrons. The summed E-state index contributed by atoms with van der Waals surface area (Å²) in [5.74, 6) is 1.19. The molecule has 0 aliphatic heterocycles. The van der Waals surface area contributed by atoms with Crippen LogP contribution in [0, 0.1) is 11.8 Å². The fourth-order valence-corrected chi connectivity index (χ4v) is 4.63. The predicted octanol–water partition coefficient (Wildman–Crippen LogP) is 1.86. The van der Waals surface area contributed by atoms with Gasteiger partial charge in [-0.15, -0.1) is 0 Å². The second-order valence-electron chi connectivity index (χ2n) is 6.57. The van der Waals surface area contributed by atoms with Crippen LogP contribution in [-0.2, 0) is 10.0 Å². The Morgan fingerprint density at radius 2 is 2.00 bits per heavy atom. The molecule has 120 valence electrons. The molecule has 5 nitrogen and oxygen atoms in total. The van der Waals surface area contributed by atoms with Crippen molar-refractivity contribution in [2.45, 2.75) is 36.6 Å². The van der Waals surface area contributed by atoms with Gasteiger partial charge in [0.1, 0.15) is 0 Å². The van der Waals surface area contributed by atoms with Crippen molar-refractivity contribution in [1.29, 1.82) is 0 Å². The molecule has 2 bridgehead atoms. The SMILES string of the molecule is CN(C)S(=O)(=O)c1cccc(C(=O)N[C@@H]2C[C@H]3CC[C@@H]2C3)c1. The van der Waals surface area contributed by atoms with Gasteiger partial charge in [0.2, 0.25) is 10.0 Å². The van der Waals surface area contributed by atoms with Crippen molar-refractivity contribution in [3.05, 3.63) is 29.8 Å². The van der Waals surface area contributed by atoms with Crippen LogP contribution in [0.1, 0.15) is 36.0 Å². The average molecular weight is 322 g/mol. The molecule has 0 saturated heterocycles. The first kappa shape index (κ1) is 15.5. The minimum atomic E-state index is -3.52. The van der Waals surface area contributed by atoms with Crippen molar-refractivity contribution in [2.75, 3.05) is 14.1 Å². The summed E-state index contributed by atoms with van der Waals surface area (Å²) in [6, 6.07) is 6.51. The Hall–Kier alpha value is -1.40. The minimum Gasteiger partial charge on any atom is -0.349 e. The Morgan fingerprint density at radius 1 is 1.23 bits per heavy atom. The van der Waals surface area contributed by atoms with E-state index < -0.39 is 10.0 Å². The quantitative estimate of drug-likeness (QED) is 0.920. The van der Waals surface area contributed by atoms with Crippen LogP contribution < -0.4 is 5.32 Å². The summed E-state index contributed by atoms with van der Waals surface area (Å²) in [6.45, 7) is 0. The van der Waals surface area contributed by atoms with Crippen molar-refractivity contribution in [1.82, 2.24) is 9.62 Å². The van der Waals surface area contributed by atoms with Gasteiger partial charge in [0.25, 0.3) is 5.91 Å². The van der Waals surface area contributed by atoms with Crippen molar-refractivity contribution >= 4 is 15.9 Å². The Labute approximate surface area is 131 Å². The molecule has 2 aliphatic rings. The predicted molar refractivity (Wildman–Crippen MR) is 84.0 cm³/mol. The maximum atomic E-state index is 12.4. The van der Waals surface area contributed by atoms with E-state index in [2.05, 4.69) is 5.32 Å². The van der Waals surface area contributed by atoms with Gasteiger partial charge in [-0.05, 0) is 49.3 Å². The standard InChI is InChI=1S/C16H22N2O3S/c1-18(2)22(20,21)14-5-3-4-13(10-14)16(19)17-15-9-11-6-7-12(15)8-11/h3-5,10-12,15H,6-9H2,1-2H3,(H,17,19)/t11-,12+,15+/m0/s1. The summed E-state index contributed by atoms with van der Waals surface area (Å²) >= 11 is 0. The number of nitrogens with zero attached hydrogens (tertiary/aromatic N) is 1. The normalized spacial score (nSPS) is 27.3. The average Bonchev–Trinajstić information content (AvgIpc) is 3.09. The fraction of sp³-hybridized carbons (Fsp3) is 0.562. The van der Waals surface area contributed by atoms with Crippen molar-refractivity contribution in [3.8, 4) is 0 Å². The highest BCUT2D eigenvalue weighted by Crippen LogP contribution is 2.44. The molecule has 2 aliphatic carbocycles. The van der Waals surface area contributed by atoms with Gasteiger partial charge in [0, 0.05) is 25.7 Å². The fourth-order valence-electron chi connectivity index (χ4n) is 3.68. The lowest BCUT2D eigenvalue weighted by Crippen LogP contribution is -2.38. The Morgan fingerprint density at radius 3 is 2.59 bits per heavy atom. The number of fused-ring (bicyclic) bond motifs is 2. The van der Waals surface area contributed by atoms with Gasteiger partial charge in [0.15, 0.2) is 0 Å². The number of hydrogen-bond acceptors (Lipinski definition) is 3. The van der Waals surface area contributed by atoms with Crippen LogP contribution in [0.25, 0.3) is 0 Å². The summed E-state index contributed by atoms with van der Waals surface area (Å²) in [5, 5.41) is 3.09. The van der Waals surface area contributed by atoms with Crippen LogP contribution in [0.4, 0.5) is 0 Å². The maximum Gasteiger partial charge on any atom is 0.251 e. The molecule has 1 amide bonds. The third-order valence-electron chi connectivity index (χ3n) is 4.93. The first-order valence-corrected chi connectivity index (χ1v) is 9.15. The van der Waals surface area contributed by atoms with Gasteiger partial charge >= 0.3 is 0 Å². The Kier molecular flexibility index (Phi) is 3.99. The van der Waals surface area contributed by atoms with Crippen LogP contribution in [0.5, 0.6) is 0 Å². The molecule has 0 unspecified atom stereocenters. The first-order chi connectivity index (χ1) is 10.4. The molecule has 2 fully saturated rings. The zero-order valence-electron chi connectivity index (χ0n) is 13.0. The molecule has 1 aromatic rings. The smallest absolute Gasteiger partial charge is 0.251 e. The van der Waals surface area contributed by atoms with Crippen LogP contribution in [-0.4, -0.2) is 38.8 Å². The monoisotopic (exact) mass is 322 g/mol. The number of benzene rings is 1. The number of nitrogens with one attached hydrogen (secondary N) is 1. The van der Waals surface area contributed by atoms with Gasteiger partial charge in [-0.1, -0.05) is 12.5 Å². The first-order valence-electron chi connectivity index (χ1n) is 7.71. The number of rotatable bonds is 4. The largest absolute Gasteiger partial charge is 0.349 e. The van der Waals surface area contributed by atoms with E-state index in [9.17, 15) is 13.2 Å². The third-order valence-corrected chi connectivity index (χ3v) is 6.74. The van der Waals surface area contributed by atoms with Gasteiger partial charge in [-0.2, -0.15) is 0 Å². The number of carbonyl (C=O) groups is 1. The molecular formula is C16H22N2O3S. The molecule has 1 N–H and O–H groups in total. The van der Waals surface area contributed by atoms with Crippen molar-refractivity contribution in [3.63, 3.8) is 0 Å². The van der Waals surface area contributed by atoms with E-state index in [-0.39, 0.29) is 16.8 Å². The van der Waals surface area contributed by atoms with Crippen LogP contribution in [0.15, 0.2) is 29.2 Å². The van der Waals surface area contributed by atoms with E-state index >= 15 is 0 Å². The summed E-state index contributed by atoms with van der Waals surface area (Å²) < 4.78 is 25.5. The highest BCUT2D eigenvalue weighted by molar-refractivity contribution is 7.89. The lowest BCUT2D eigenvalue weighted by atomic mass is 9.95. The van der Waals surface area contributed by atoms with E-state index in [4.69, 9.17) is 0 Å². The molecule has 2 saturated carbocycles. The van der Waals surface area contributed by atoms with E-state index in [0.29, 0.717) is 11.5 Å². The number of amides is 1. The maximum absolute atomic E-state index is 12.4. The lowest BCUT2D eigenvalue weighted by molar-refractivity contribution is 0.0922. The molecule has 6 heteroatoms. The molecule has 0 aromatic heterocycles. The van der Waals surface area contributed by atoms with Crippen molar-refractivity contribution in [2.24, 2.45) is 11.8 Å². The van der Waals surface area contributed by atoms with Gasteiger partial charge in [0.05, 0.1) is 4.90 Å². The van der Waals surface area contributed by atoms with Crippen LogP contribution in [0.2, 0.25) is 0 Å². The number of hydrogen-bond donors (Lipinski definition) is 1. The van der Waals surface area contributed by atoms with E-state index in [1.54, 1.807) is 12.1 Å². The van der Waals surface area contributed by atoms with Crippen molar-refractivity contribution < 1.29 is 13.2 Å². The Bertz CT molecular complexity index is 684. The number of carbonyl (C=O) groups excluding carboxylic acids is 1. The highest BCUT2D eigenvalue weighted by atomic mass is 32.2. The molecule has 0 heterocycles. The van der Waals surface area contributed by atoms with Crippen LogP contribution in [0.3, 0.4) is 0 Å². The minimum absolute atomic E-state index is 0.151. The lowest BCUT2D eigenvalue weighted by Gasteiger charge is -2.23. The van der Waals surface area contributed by atoms with Crippen LogP contribution >= 0.6 is 0 Å². The third kappa shape index (κ3) is 2.77. The van der Waals surface area contributed by atoms with E-state index in [1.165, 1.54) is 45.5 Å². The summed E-state index contributed by atoms with van der Waals surface area (Å²) in [4.78, 5) is 12.6. The molecule has 3 rings (SSSR count). The number of sulfonamides is 1. The Balaban J connectivity index is 1.76. The zero-order valence-corrected chi connectivity index (χ0v) is 13.8. The molecule has 1 aromatic carbocycles. The van der Waals surface area contributed by atoms with E-state index in [0.717, 1.165) is 16.6 Å².